The van der Waals surface area contributed by atoms with E-state index in [9.17, 15) is 8.42 Å². The minimum Gasteiger partial charge on any atom is -0.491 e. The van der Waals surface area contributed by atoms with E-state index in [1.54, 1.807) is 0 Å². The fourth-order valence-corrected chi connectivity index (χ4v) is 4.21. The SMILES string of the molecule is CC[C@@H](C)Oc1cccc([C@@H](C)CS(=O)(=O)CCCOCC(C)(C)C)c1. The van der Waals surface area contributed by atoms with Crippen LogP contribution >= 0.6 is 0 Å². The second kappa shape index (κ2) is 10.3. The Morgan fingerprint density at radius 3 is 2.46 bits per heavy atom. The van der Waals surface area contributed by atoms with Gasteiger partial charge in [-0.1, -0.05) is 46.8 Å². The van der Waals surface area contributed by atoms with Crippen molar-refractivity contribution in [2.24, 2.45) is 5.41 Å². The van der Waals surface area contributed by atoms with E-state index >= 15 is 0 Å². The maximum atomic E-state index is 12.4. The molecule has 1 aromatic carbocycles. The molecule has 0 saturated carbocycles. The Balaban J connectivity index is 2.52. The first-order chi connectivity index (χ1) is 12.0. The Hall–Kier alpha value is -1.07. The van der Waals surface area contributed by atoms with Gasteiger partial charge < -0.3 is 9.47 Å². The van der Waals surface area contributed by atoms with E-state index in [-0.39, 0.29) is 28.9 Å². The summed E-state index contributed by atoms with van der Waals surface area (Å²) in [5.41, 5.74) is 1.11. The highest BCUT2D eigenvalue weighted by Gasteiger charge is 2.18. The highest BCUT2D eigenvalue weighted by Crippen LogP contribution is 2.23. The lowest BCUT2D eigenvalue weighted by molar-refractivity contribution is 0.0720. The number of hydrogen-bond donors (Lipinski definition) is 0. The number of rotatable bonds is 11. The van der Waals surface area contributed by atoms with Gasteiger partial charge in [0.15, 0.2) is 9.84 Å². The van der Waals surface area contributed by atoms with E-state index in [2.05, 4.69) is 27.7 Å². The van der Waals surface area contributed by atoms with Gasteiger partial charge in [0.2, 0.25) is 0 Å². The average molecular weight is 385 g/mol. The number of ether oxygens (including phenoxy) is 2. The predicted molar refractivity (Wildman–Crippen MR) is 109 cm³/mol. The molecule has 1 aromatic rings. The molecule has 0 spiro atoms. The minimum absolute atomic E-state index is 0.0593. The summed E-state index contributed by atoms with van der Waals surface area (Å²) >= 11 is 0. The lowest BCUT2D eigenvalue weighted by Gasteiger charge is -2.18. The van der Waals surface area contributed by atoms with Gasteiger partial charge in [-0.15, -0.1) is 0 Å². The molecule has 4 nitrogen and oxygen atoms in total. The topological polar surface area (TPSA) is 52.6 Å². The molecule has 2 atom stereocenters. The first-order valence-corrected chi connectivity index (χ1v) is 11.4. The zero-order valence-corrected chi connectivity index (χ0v) is 18.1. The van der Waals surface area contributed by atoms with Gasteiger partial charge in [-0.2, -0.15) is 0 Å². The van der Waals surface area contributed by atoms with Crippen molar-refractivity contribution in [2.75, 3.05) is 24.7 Å². The molecule has 1 rings (SSSR count). The van der Waals surface area contributed by atoms with Crippen LogP contribution in [0, 0.1) is 5.41 Å². The standard InChI is InChI=1S/C21H36O4S/c1-7-18(3)25-20-11-8-10-19(14-20)17(2)15-26(22,23)13-9-12-24-16-21(4,5)6/h8,10-11,14,17-18H,7,9,12-13,15-16H2,1-6H3/t17-,18+/m0/s1. The number of benzene rings is 1. The van der Waals surface area contributed by atoms with E-state index < -0.39 is 9.84 Å². The van der Waals surface area contributed by atoms with Gasteiger partial charge in [-0.25, -0.2) is 8.42 Å². The molecule has 0 N–H and O–H groups in total. The van der Waals surface area contributed by atoms with E-state index in [1.807, 2.05) is 38.1 Å². The van der Waals surface area contributed by atoms with Crippen molar-refractivity contribution in [2.45, 2.75) is 66.4 Å². The average Bonchev–Trinajstić information content (AvgIpc) is 2.53. The quantitative estimate of drug-likeness (QED) is 0.513. The molecule has 0 unspecified atom stereocenters. The molecule has 0 saturated heterocycles. The Morgan fingerprint density at radius 1 is 1.15 bits per heavy atom. The fourth-order valence-electron chi connectivity index (χ4n) is 2.53. The van der Waals surface area contributed by atoms with E-state index in [0.717, 1.165) is 17.7 Å². The van der Waals surface area contributed by atoms with Crippen molar-refractivity contribution in [1.29, 1.82) is 0 Å². The summed E-state index contributed by atoms with van der Waals surface area (Å²) in [4.78, 5) is 0. The number of hydrogen-bond acceptors (Lipinski definition) is 4. The second-order valence-corrected chi connectivity index (χ2v) is 10.6. The van der Waals surface area contributed by atoms with Gasteiger partial charge in [0.25, 0.3) is 0 Å². The largest absolute Gasteiger partial charge is 0.491 e. The van der Waals surface area contributed by atoms with Crippen molar-refractivity contribution >= 4 is 9.84 Å². The molecule has 150 valence electrons. The number of sulfone groups is 1. The van der Waals surface area contributed by atoms with Gasteiger partial charge in [-0.05, 0) is 48.8 Å². The molecule has 0 aromatic heterocycles. The zero-order valence-electron chi connectivity index (χ0n) is 17.2. The van der Waals surface area contributed by atoms with Crippen LogP contribution in [0.15, 0.2) is 24.3 Å². The zero-order chi connectivity index (χ0) is 19.8. The lowest BCUT2D eigenvalue weighted by Crippen LogP contribution is -2.19. The monoisotopic (exact) mass is 384 g/mol. The van der Waals surface area contributed by atoms with E-state index in [4.69, 9.17) is 9.47 Å². The molecule has 5 heteroatoms. The van der Waals surface area contributed by atoms with Crippen LogP contribution in [-0.4, -0.2) is 39.2 Å². The predicted octanol–water partition coefficient (Wildman–Crippen LogP) is 4.84. The van der Waals surface area contributed by atoms with Crippen LogP contribution in [0.2, 0.25) is 0 Å². The first kappa shape index (κ1) is 23.0. The van der Waals surface area contributed by atoms with E-state index in [1.165, 1.54) is 0 Å². The van der Waals surface area contributed by atoms with Crippen LogP contribution in [0.4, 0.5) is 0 Å². The normalized spacial score (nSPS) is 14.8. The smallest absolute Gasteiger partial charge is 0.150 e. The third-order valence-electron chi connectivity index (χ3n) is 4.12. The van der Waals surface area contributed by atoms with Crippen LogP contribution < -0.4 is 4.74 Å². The van der Waals surface area contributed by atoms with Gasteiger partial charge >= 0.3 is 0 Å². The molecule has 0 heterocycles. The van der Waals surface area contributed by atoms with Crippen molar-refractivity contribution in [3.05, 3.63) is 29.8 Å². The van der Waals surface area contributed by atoms with Gasteiger partial charge in [0.1, 0.15) is 5.75 Å². The van der Waals surface area contributed by atoms with Crippen LogP contribution in [0.3, 0.4) is 0 Å². The van der Waals surface area contributed by atoms with Crippen molar-refractivity contribution in [3.8, 4) is 5.75 Å². The summed E-state index contributed by atoms with van der Waals surface area (Å²) in [5.74, 6) is 1.07. The van der Waals surface area contributed by atoms with Gasteiger partial charge in [0.05, 0.1) is 24.2 Å². The summed E-state index contributed by atoms with van der Waals surface area (Å²) in [6.07, 6.45) is 1.63. The van der Waals surface area contributed by atoms with Gasteiger partial charge in [-0.3, -0.25) is 0 Å². The molecule has 0 aliphatic carbocycles. The molecular weight excluding hydrogens is 348 g/mol. The Morgan fingerprint density at radius 2 is 1.85 bits per heavy atom. The van der Waals surface area contributed by atoms with Crippen molar-refractivity contribution in [3.63, 3.8) is 0 Å². The molecule has 0 bridgehead atoms. The summed E-state index contributed by atoms with van der Waals surface area (Å²) < 4.78 is 36.2. The fraction of sp³-hybridized carbons (Fsp3) is 0.714. The van der Waals surface area contributed by atoms with Crippen molar-refractivity contribution < 1.29 is 17.9 Å². The summed E-state index contributed by atoms with van der Waals surface area (Å²) in [6.45, 7) is 13.5. The van der Waals surface area contributed by atoms with Crippen LogP contribution in [0.5, 0.6) is 5.75 Å². The molecule has 0 aliphatic rings. The third-order valence-corrected chi connectivity index (χ3v) is 6.04. The molecular formula is C21H36O4S. The molecule has 0 radical (unpaired) electrons. The van der Waals surface area contributed by atoms with Crippen molar-refractivity contribution in [1.82, 2.24) is 0 Å². The molecule has 0 fully saturated rings. The Labute approximate surface area is 160 Å². The Bertz CT molecular complexity index is 632. The molecule has 0 amide bonds. The summed E-state index contributed by atoms with van der Waals surface area (Å²) in [6, 6.07) is 7.77. The van der Waals surface area contributed by atoms with Crippen LogP contribution in [0.25, 0.3) is 0 Å². The second-order valence-electron chi connectivity index (χ2n) is 8.39. The molecule has 0 aliphatic heterocycles. The highest BCUT2D eigenvalue weighted by atomic mass is 32.2. The van der Waals surface area contributed by atoms with Gasteiger partial charge in [0, 0.05) is 6.61 Å². The minimum atomic E-state index is -3.11. The Kier molecular flexibility index (Phi) is 9.11. The lowest BCUT2D eigenvalue weighted by atomic mass is 9.99. The summed E-state index contributed by atoms with van der Waals surface area (Å²) in [7, 11) is -3.11. The van der Waals surface area contributed by atoms with Crippen LogP contribution in [-0.2, 0) is 14.6 Å². The highest BCUT2D eigenvalue weighted by molar-refractivity contribution is 7.91. The molecule has 26 heavy (non-hydrogen) atoms. The first-order valence-electron chi connectivity index (χ1n) is 9.57. The summed E-state index contributed by atoms with van der Waals surface area (Å²) in [5, 5.41) is 0. The maximum absolute atomic E-state index is 12.4. The third kappa shape index (κ3) is 9.58. The maximum Gasteiger partial charge on any atom is 0.150 e. The van der Waals surface area contributed by atoms with E-state index in [0.29, 0.717) is 19.6 Å². The van der Waals surface area contributed by atoms with Crippen LogP contribution in [0.1, 0.15) is 65.9 Å².